The molecule has 2 unspecified atom stereocenters. The van der Waals surface area contributed by atoms with Crippen molar-refractivity contribution in [2.45, 2.75) is 367 Å². The zero-order valence-electron chi connectivity index (χ0n) is 61.0. The minimum Gasteiger partial charge on any atom is -0.462 e. The highest BCUT2D eigenvalue weighted by atomic mass is 31.2. The number of nitrogens with zero attached hydrogens (tertiary/aromatic N) is 1. The van der Waals surface area contributed by atoms with Gasteiger partial charge < -0.3 is 18.9 Å². The van der Waals surface area contributed by atoms with Crippen molar-refractivity contribution in [1.82, 2.24) is 0 Å². The van der Waals surface area contributed by atoms with Crippen LogP contribution in [0.5, 0.6) is 0 Å². The van der Waals surface area contributed by atoms with E-state index in [-0.39, 0.29) is 32.0 Å². The van der Waals surface area contributed by atoms with E-state index < -0.39 is 26.5 Å². The lowest BCUT2D eigenvalue weighted by atomic mass is 10.0. The van der Waals surface area contributed by atoms with E-state index in [1.807, 2.05) is 21.1 Å². The van der Waals surface area contributed by atoms with Crippen molar-refractivity contribution in [3.8, 4) is 0 Å². The zero-order chi connectivity index (χ0) is 66.9. The van der Waals surface area contributed by atoms with Crippen molar-refractivity contribution in [2.75, 3.05) is 47.5 Å². The summed E-state index contributed by atoms with van der Waals surface area (Å²) in [5.74, 6) is -0.805. The van der Waals surface area contributed by atoms with Crippen molar-refractivity contribution in [2.24, 2.45) is 0 Å². The SMILES string of the molecule is CC/C=C\C/C=C\C/C=C\C/C=C\C/C=C\C/C=C\C/C=C\C/C=C\CCCCCCCCC(=O)OC(COC(=O)CCCCCCCCCCCCCCCCCCCCCCCCCCCCCCCCCCCCCCC)COP(=O)(O)OCC[N+](C)(C)C. The maximum absolute atomic E-state index is 12.9. The Morgan fingerprint density at radius 2 is 0.620 bits per heavy atom. The van der Waals surface area contributed by atoms with Crippen LogP contribution < -0.4 is 0 Å². The third kappa shape index (κ3) is 76.0. The fourth-order valence-electron chi connectivity index (χ4n) is 11.2. The lowest BCUT2D eigenvalue weighted by Crippen LogP contribution is -2.37. The predicted molar refractivity (Wildman–Crippen MR) is 399 cm³/mol. The van der Waals surface area contributed by atoms with Gasteiger partial charge in [-0.25, -0.2) is 4.57 Å². The Hall–Kier alpha value is -3.07. The molecule has 9 nitrogen and oxygen atoms in total. The summed E-state index contributed by atoms with van der Waals surface area (Å²) in [5, 5.41) is 0. The Kier molecular flexibility index (Phi) is 69.8. The number of phosphoric acid groups is 1. The zero-order valence-corrected chi connectivity index (χ0v) is 61.9. The molecule has 534 valence electrons. The van der Waals surface area contributed by atoms with E-state index in [0.717, 1.165) is 109 Å². The van der Waals surface area contributed by atoms with Crippen molar-refractivity contribution in [1.29, 1.82) is 0 Å². The molecule has 0 bridgehead atoms. The Morgan fingerprint density at radius 1 is 0.348 bits per heavy atom. The molecule has 0 saturated carbocycles. The number of hydrogen-bond acceptors (Lipinski definition) is 7. The van der Waals surface area contributed by atoms with E-state index in [0.29, 0.717) is 17.4 Å². The second-order valence-corrected chi connectivity index (χ2v) is 28.8. The number of unbranched alkanes of at least 4 members (excludes halogenated alkanes) is 42. The third-order valence-corrected chi connectivity index (χ3v) is 18.1. The fourth-order valence-corrected chi connectivity index (χ4v) is 12.0. The van der Waals surface area contributed by atoms with Gasteiger partial charge in [-0.2, -0.15) is 0 Å². The first kappa shape index (κ1) is 88.9. The van der Waals surface area contributed by atoms with E-state index in [1.165, 1.54) is 218 Å². The molecule has 0 heterocycles. The summed E-state index contributed by atoms with van der Waals surface area (Å²) in [6, 6.07) is 0. The smallest absolute Gasteiger partial charge is 0.462 e. The second-order valence-electron chi connectivity index (χ2n) is 27.4. The van der Waals surface area contributed by atoms with Crippen LogP contribution in [0.25, 0.3) is 0 Å². The van der Waals surface area contributed by atoms with Gasteiger partial charge in [-0.1, -0.05) is 368 Å². The molecule has 0 amide bonds. The Bertz CT molecular complexity index is 1880. The largest absolute Gasteiger partial charge is 0.472 e. The van der Waals surface area contributed by atoms with Crippen LogP contribution in [-0.2, 0) is 32.7 Å². The van der Waals surface area contributed by atoms with Gasteiger partial charge in [0.1, 0.15) is 19.8 Å². The van der Waals surface area contributed by atoms with Gasteiger partial charge in [-0.3, -0.25) is 18.6 Å². The molecule has 0 radical (unpaired) electrons. The molecule has 92 heavy (non-hydrogen) atoms. The number of carbonyl (C=O) groups excluding carboxylic acids is 2. The number of carbonyl (C=O) groups is 2. The summed E-state index contributed by atoms with van der Waals surface area (Å²) in [6.45, 7) is 4.35. The number of esters is 2. The molecular formula is C82H149NO8P+. The quantitative estimate of drug-likeness (QED) is 0.0211. The van der Waals surface area contributed by atoms with E-state index in [1.54, 1.807) is 0 Å². The summed E-state index contributed by atoms with van der Waals surface area (Å²) >= 11 is 0. The molecule has 0 spiro atoms. The first-order valence-corrected chi connectivity index (χ1v) is 40.5. The van der Waals surface area contributed by atoms with Crippen LogP contribution in [0.3, 0.4) is 0 Å². The lowest BCUT2D eigenvalue weighted by Gasteiger charge is -2.24. The van der Waals surface area contributed by atoms with Gasteiger partial charge in [0.05, 0.1) is 27.7 Å². The van der Waals surface area contributed by atoms with E-state index >= 15 is 0 Å². The Balaban J connectivity index is 3.99. The molecule has 0 aliphatic carbocycles. The summed E-state index contributed by atoms with van der Waals surface area (Å²) in [4.78, 5) is 35.9. The van der Waals surface area contributed by atoms with Crippen LogP contribution in [0, 0.1) is 0 Å². The summed E-state index contributed by atoms with van der Waals surface area (Å²) in [5.41, 5.74) is 0. The van der Waals surface area contributed by atoms with Gasteiger partial charge in [0, 0.05) is 12.8 Å². The maximum Gasteiger partial charge on any atom is 0.472 e. The number of rotatable bonds is 72. The van der Waals surface area contributed by atoms with Gasteiger partial charge >= 0.3 is 19.8 Å². The number of allylic oxidation sites excluding steroid dienone is 16. The van der Waals surface area contributed by atoms with Crippen LogP contribution >= 0.6 is 7.82 Å². The average Bonchev–Trinajstić information content (AvgIpc) is 2.14. The number of quaternary nitrogens is 1. The fraction of sp³-hybridized carbons (Fsp3) is 0.780. The van der Waals surface area contributed by atoms with Gasteiger partial charge in [-0.05, 0) is 77.0 Å². The lowest BCUT2D eigenvalue weighted by molar-refractivity contribution is -0.870. The molecule has 0 rings (SSSR count). The molecule has 0 aliphatic rings. The summed E-state index contributed by atoms with van der Waals surface area (Å²) in [7, 11) is 1.47. The molecular weight excluding hydrogens is 1160 g/mol. The van der Waals surface area contributed by atoms with Crippen LogP contribution in [-0.4, -0.2) is 74.9 Å². The van der Waals surface area contributed by atoms with E-state index in [4.69, 9.17) is 18.5 Å². The van der Waals surface area contributed by atoms with E-state index in [2.05, 4.69) is 111 Å². The van der Waals surface area contributed by atoms with Gasteiger partial charge in [0.2, 0.25) is 0 Å². The first-order valence-electron chi connectivity index (χ1n) is 39.0. The number of ether oxygens (including phenoxy) is 2. The number of phosphoric ester groups is 1. The van der Waals surface area contributed by atoms with Crippen LogP contribution in [0.1, 0.15) is 361 Å². The van der Waals surface area contributed by atoms with Gasteiger partial charge in [0.15, 0.2) is 6.10 Å². The molecule has 0 aromatic rings. The molecule has 0 aliphatic heterocycles. The Labute approximate surface area is 570 Å². The number of likely N-dealkylation sites (N-methyl/N-ethyl adjacent to an activating group) is 1. The van der Waals surface area contributed by atoms with Gasteiger partial charge in [-0.15, -0.1) is 0 Å². The summed E-state index contributed by atoms with van der Waals surface area (Å²) < 4.78 is 34.8. The predicted octanol–water partition coefficient (Wildman–Crippen LogP) is 25.8. The molecule has 2 atom stereocenters. The number of hydrogen-bond donors (Lipinski definition) is 1. The molecule has 0 fully saturated rings. The highest BCUT2D eigenvalue weighted by Crippen LogP contribution is 2.43. The normalized spacial score (nSPS) is 13.6. The first-order chi connectivity index (χ1) is 45.0. The minimum atomic E-state index is -4.40. The van der Waals surface area contributed by atoms with Crippen molar-refractivity contribution >= 4 is 19.8 Å². The van der Waals surface area contributed by atoms with Crippen molar-refractivity contribution in [3.05, 3.63) is 97.2 Å². The molecule has 0 aromatic carbocycles. The Morgan fingerprint density at radius 3 is 0.924 bits per heavy atom. The van der Waals surface area contributed by atoms with Crippen molar-refractivity contribution < 1.29 is 42.1 Å². The van der Waals surface area contributed by atoms with Crippen molar-refractivity contribution in [3.63, 3.8) is 0 Å². The second kappa shape index (κ2) is 72.2. The maximum atomic E-state index is 12.9. The third-order valence-electron chi connectivity index (χ3n) is 17.1. The highest BCUT2D eigenvalue weighted by Gasteiger charge is 2.27. The highest BCUT2D eigenvalue weighted by molar-refractivity contribution is 7.47. The van der Waals surface area contributed by atoms with Crippen LogP contribution in [0.2, 0.25) is 0 Å². The average molecular weight is 1310 g/mol. The van der Waals surface area contributed by atoms with Crippen LogP contribution in [0.4, 0.5) is 0 Å². The molecule has 0 saturated heterocycles. The molecule has 1 N–H and O–H groups in total. The van der Waals surface area contributed by atoms with Gasteiger partial charge in [0.25, 0.3) is 0 Å². The molecule has 0 aromatic heterocycles. The standard InChI is InChI=1S/C82H148NO8P/c1-6-8-10-12-14-16-18-20-22-24-26-28-30-32-34-36-38-39-40-41-42-43-45-46-48-50-52-54-56-58-60-62-64-66-68-70-72-74-81(84)88-78-80(79-90-92(86,87)89-77-76-83(3,4)5)91-82(85)75-73-71-69-67-65-63-61-59-57-55-53-51-49-47-44-37-35-33-31-29-27-25-23-21-19-17-15-13-11-9-7-2/h9,11,15,17,21,23,27,29,33,35,44,47,51,53,57,59,80H,6-8,10,12-14,16,18-20,22,24-26,28,30-32,34,36-43,45-46,48-50,52,54-56,58,60-79H2,1-5H3/p+1/b11-9-,17-15-,23-21-,29-27-,35-33-,47-44-,53-51-,59-57-. The monoisotopic (exact) mass is 1310 g/mol. The topological polar surface area (TPSA) is 108 Å². The minimum absolute atomic E-state index is 0.0254. The van der Waals surface area contributed by atoms with Crippen LogP contribution in [0.15, 0.2) is 97.2 Å². The summed E-state index contributed by atoms with van der Waals surface area (Å²) in [6.07, 6.45) is 101. The van der Waals surface area contributed by atoms with E-state index in [9.17, 15) is 19.0 Å². The molecule has 10 heteroatoms.